The molecular weight excluding hydrogens is 255 g/mol. The Bertz CT molecular complexity index is 575. The Balaban J connectivity index is 2.36. The molecule has 0 aliphatic carbocycles. The second kappa shape index (κ2) is 6.37. The standard InChI is InChI=1S/C16H23FN2O/c1-4-11(5-2)8-14(19-18)16-10(3)13-9-12(17)6-7-15(13)20-16/h6-7,9,11,14,19H,4-5,8,18H2,1-3H3. The van der Waals surface area contributed by atoms with Crippen molar-refractivity contribution in [3.8, 4) is 0 Å². The highest BCUT2D eigenvalue weighted by Crippen LogP contribution is 2.33. The Morgan fingerprint density at radius 1 is 1.30 bits per heavy atom. The van der Waals surface area contributed by atoms with Gasteiger partial charge in [-0.2, -0.15) is 0 Å². The quantitative estimate of drug-likeness (QED) is 0.614. The van der Waals surface area contributed by atoms with Crippen molar-refractivity contribution < 1.29 is 8.81 Å². The van der Waals surface area contributed by atoms with E-state index in [0.29, 0.717) is 11.5 Å². The minimum Gasteiger partial charge on any atom is -0.459 e. The molecule has 1 atom stereocenters. The molecule has 3 nitrogen and oxygen atoms in total. The molecule has 0 aliphatic heterocycles. The molecule has 0 saturated carbocycles. The van der Waals surface area contributed by atoms with E-state index in [1.807, 2.05) is 6.92 Å². The fourth-order valence-corrected chi connectivity index (χ4v) is 2.75. The van der Waals surface area contributed by atoms with Gasteiger partial charge >= 0.3 is 0 Å². The largest absolute Gasteiger partial charge is 0.459 e. The first-order valence-corrected chi connectivity index (χ1v) is 7.25. The zero-order valence-corrected chi connectivity index (χ0v) is 12.4. The molecule has 0 amide bonds. The van der Waals surface area contributed by atoms with E-state index in [4.69, 9.17) is 10.3 Å². The number of nitrogens with one attached hydrogen (secondary N) is 1. The van der Waals surface area contributed by atoms with Crippen molar-refractivity contribution in [2.75, 3.05) is 0 Å². The second-order valence-corrected chi connectivity index (χ2v) is 5.37. The van der Waals surface area contributed by atoms with Crippen LogP contribution in [0, 0.1) is 18.7 Å². The van der Waals surface area contributed by atoms with Crippen LogP contribution in [0.15, 0.2) is 22.6 Å². The normalized spacial score (nSPS) is 13.3. The molecule has 1 aromatic heterocycles. The zero-order valence-electron chi connectivity index (χ0n) is 12.4. The summed E-state index contributed by atoms with van der Waals surface area (Å²) in [5, 5.41) is 0.824. The summed E-state index contributed by atoms with van der Waals surface area (Å²) < 4.78 is 19.2. The van der Waals surface area contributed by atoms with Gasteiger partial charge in [0.15, 0.2) is 0 Å². The third-order valence-electron chi connectivity index (χ3n) is 4.18. The molecule has 1 aromatic carbocycles. The molecule has 20 heavy (non-hydrogen) atoms. The van der Waals surface area contributed by atoms with Crippen LogP contribution in [0.25, 0.3) is 11.0 Å². The molecular formula is C16H23FN2O. The summed E-state index contributed by atoms with van der Waals surface area (Å²) in [4.78, 5) is 0. The lowest BCUT2D eigenvalue weighted by Crippen LogP contribution is -2.29. The summed E-state index contributed by atoms with van der Waals surface area (Å²) in [5.74, 6) is 6.87. The van der Waals surface area contributed by atoms with Crippen molar-refractivity contribution >= 4 is 11.0 Å². The molecule has 0 aliphatic rings. The summed E-state index contributed by atoms with van der Waals surface area (Å²) in [7, 11) is 0. The number of halogens is 1. The second-order valence-electron chi connectivity index (χ2n) is 5.37. The van der Waals surface area contributed by atoms with E-state index in [1.165, 1.54) is 12.1 Å². The number of aryl methyl sites for hydroxylation is 1. The van der Waals surface area contributed by atoms with E-state index in [-0.39, 0.29) is 11.9 Å². The van der Waals surface area contributed by atoms with Gasteiger partial charge in [0, 0.05) is 10.9 Å². The summed E-state index contributed by atoms with van der Waals surface area (Å²) in [6.07, 6.45) is 3.15. The number of hydrogen-bond acceptors (Lipinski definition) is 3. The minimum atomic E-state index is -0.245. The molecule has 0 spiro atoms. The smallest absolute Gasteiger partial charge is 0.134 e. The monoisotopic (exact) mass is 278 g/mol. The average Bonchev–Trinajstić information content (AvgIpc) is 2.78. The number of nitrogens with two attached hydrogens (primary N) is 1. The topological polar surface area (TPSA) is 51.2 Å². The number of rotatable bonds is 6. The zero-order chi connectivity index (χ0) is 14.7. The van der Waals surface area contributed by atoms with Crippen LogP contribution in [0.2, 0.25) is 0 Å². The Kier molecular flexibility index (Phi) is 4.78. The average molecular weight is 278 g/mol. The maximum absolute atomic E-state index is 13.3. The number of furan rings is 1. The highest BCUT2D eigenvalue weighted by atomic mass is 19.1. The van der Waals surface area contributed by atoms with Gasteiger partial charge in [0.05, 0.1) is 6.04 Å². The molecule has 0 saturated heterocycles. The minimum absolute atomic E-state index is 0.0321. The molecule has 1 heterocycles. The lowest BCUT2D eigenvalue weighted by atomic mass is 9.93. The molecule has 110 valence electrons. The van der Waals surface area contributed by atoms with Crippen LogP contribution in [0.5, 0.6) is 0 Å². The molecule has 2 rings (SSSR count). The summed E-state index contributed by atoms with van der Waals surface area (Å²) in [5.41, 5.74) is 4.52. The number of benzene rings is 1. The molecule has 1 unspecified atom stereocenters. The van der Waals surface area contributed by atoms with Crippen molar-refractivity contribution in [1.82, 2.24) is 5.43 Å². The lowest BCUT2D eigenvalue weighted by molar-refractivity contribution is 0.336. The summed E-state index contributed by atoms with van der Waals surface area (Å²) in [6.45, 7) is 6.32. The van der Waals surface area contributed by atoms with E-state index < -0.39 is 0 Å². The van der Waals surface area contributed by atoms with Crippen LogP contribution in [0.4, 0.5) is 4.39 Å². The summed E-state index contributed by atoms with van der Waals surface area (Å²) in [6, 6.07) is 4.57. The SMILES string of the molecule is CCC(CC)CC(NN)c1oc2ccc(F)cc2c1C. The van der Waals surface area contributed by atoms with Crippen molar-refractivity contribution in [3.63, 3.8) is 0 Å². The molecule has 4 heteroatoms. The number of fused-ring (bicyclic) bond motifs is 1. The van der Waals surface area contributed by atoms with E-state index in [9.17, 15) is 4.39 Å². The third kappa shape index (κ3) is 2.86. The van der Waals surface area contributed by atoms with Crippen molar-refractivity contribution in [2.24, 2.45) is 11.8 Å². The van der Waals surface area contributed by atoms with Crippen molar-refractivity contribution in [3.05, 3.63) is 35.3 Å². The highest BCUT2D eigenvalue weighted by molar-refractivity contribution is 5.82. The molecule has 3 N–H and O–H groups in total. The number of hydrogen-bond donors (Lipinski definition) is 2. The highest BCUT2D eigenvalue weighted by Gasteiger charge is 2.22. The van der Waals surface area contributed by atoms with Gasteiger partial charge in [-0.3, -0.25) is 5.84 Å². The fraction of sp³-hybridized carbons (Fsp3) is 0.500. The van der Waals surface area contributed by atoms with E-state index in [0.717, 1.165) is 36.0 Å². The Hall–Kier alpha value is -1.39. The van der Waals surface area contributed by atoms with Gasteiger partial charge in [0.1, 0.15) is 17.2 Å². The van der Waals surface area contributed by atoms with Gasteiger partial charge in [0.2, 0.25) is 0 Å². The molecule has 2 aromatic rings. The maximum atomic E-state index is 13.3. The molecule has 0 bridgehead atoms. The van der Waals surface area contributed by atoms with Crippen LogP contribution < -0.4 is 11.3 Å². The maximum Gasteiger partial charge on any atom is 0.134 e. The van der Waals surface area contributed by atoms with Crippen LogP contribution in [-0.4, -0.2) is 0 Å². The van der Waals surface area contributed by atoms with Crippen LogP contribution in [0.1, 0.15) is 50.5 Å². The lowest BCUT2D eigenvalue weighted by Gasteiger charge is -2.20. The Morgan fingerprint density at radius 2 is 2.00 bits per heavy atom. The van der Waals surface area contributed by atoms with E-state index in [2.05, 4.69) is 19.3 Å². The van der Waals surface area contributed by atoms with Gasteiger partial charge in [-0.25, -0.2) is 9.82 Å². The predicted molar refractivity (Wildman–Crippen MR) is 79.7 cm³/mol. The third-order valence-corrected chi connectivity index (χ3v) is 4.18. The first-order chi connectivity index (χ1) is 9.60. The van der Waals surface area contributed by atoms with E-state index >= 15 is 0 Å². The van der Waals surface area contributed by atoms with Gasteiger partial charge in [-0.1, -0.05) is 26.7 Å². The fourth-order valence-electron chi connectivity index (χ4n) is 2.75. The van der Waals surface area contributed by atoms with Gasteiger partial charge in [0.25, 0.3) is 0 Å². The molecule has 0 radical (unpaired) electrons. The van der Waals surface area contributed by atoms with Gasteiger partial charge in [-0.15, -0.1) is 0 Å². The van der Waals surface area contributed by atoms with Crippen LogP contribution in [0.3, 0.4) is 0 Å². The Labute approximate surface area is 119 Å². The van der Waals surface area contributed by atoms with Gasteiger partial charge < -0.3 is 4.42 Å². The van der Waals surface area contributed by atoms with E-state index in [1.54, 1.807) is 6.07 Å². The summed E-state index contributed by atoms with van der Waals surface area (Å²) >= 11 is 0. The van der Waals surface area contributed by atoms with Gasteiger partial charge in [-0.05, 0) is 37.5 Å². The first-order valence-electron chi connectivity index (χ1n) is 7.25. The predicted octanol–water partition coefficient (Wildman–Crippen LogP) is 4.21. The van der Waals surface area contributed by atoms with Crippen molar-refractivity contribution in [2.45, 2.75) is 46.1 Å². The Morgan fingerprint density at radius 3 is 2.60 bits per heavy atom. The van der Waals surface area contributed by atoms with Crippen LogP contribution >= 0.6 is 0 Å². The number of hydrazine groups is 1. The van der Waals surface area contributed by atoms with Crippen molar-refractivity contribution in [1.29, 1.82) is 0 Å². The molecule has 0 fully saturated rings. The first kappa shape index (κ1) is 15.0. The van der Waals surface area contributed by atoms with Crippen LogP contribution in [-0.2, 0) is 0 Å².